The maximum Gasteiger partial charge on any atom is 0.481 e. The Morgan fingerprint density at radius 2 is 1.46 bits per heavy atom. The first-order valence-electron chi connectivity index (χ1n) is 7.85. The zero-order chi connectivity index (χ0) is 19.1. The van der Waals surface area contributed by atoms with Crippen molar-refractivity contribution < 1.29 is 37.2 Å². The van der Waals surface area contributed by atoms with Crippen LogP contribution in [0.25, 0.3) is 0 Å². The van der Waals surface area contributed by atoms with Crippen LogP contribution in [0, 0.1) is 5.92 Å². The molecule has 0 aliphatic carbocycles. The van der Waals surface area contributed by atoms with E-state index < -0.39 is 37.9 Å². The monoisotopic (exact) mass is 368 g/mol. The summed E-state index contributed by atoms with van der Waals surface area (Å²) in [6.45, 7) is 12.8. The van der Waals surface area contributed by atoms with Gasteiger partial charge >= 0.3 is 19.8 Å². The number of hydrogen-bond acceptors (Lipinski definition) is 8. The van der Waals surface area contributed by atoms with Gasteiger partial charge in [0.25, 0.3) is 0 Å². The van der Waals surface area contributed by atoms with E-state index in [2.05, 4.69) is 0 Å². The summed E-state index contributed by atoms with van der Waals surface area (Å²) in [5.74, 6) is -1.15. The Hall–Kier alpha value is -0.950. The molecule has 0 N–H and O–H groups in total. The zero-order valence-corrected chi connectivity index (χ0v) is 16.5. The van der Waals surface area contributed by atoms with Crippen molar-refractivity contribution in [3.63, 3.8) is 0 Å². The fourth-order valence-electron chi connectivity index (χ4n) is 1.37. The lowest BCUT2D eigenvalue weighted by atomic mass is 9.95. The van der Waals surface area contributed by atoms with E-state index in [9.17, 15) is 14.2 Å². The van der Waals surface area contributed by atoms with E-state index >= 15 is 0 Å². The number of rotatable bonds is 10. The van der Waals surface area contributed by atoms with Crippen LogP contribution < -0.4 is 0 Å². The third-order valence-electron chi connectivity index (χ3n) is 3.21. The summed E-state index contributed by atoms with van der Waals surface area (Å²) in [5, 5.41) is 0. The van der Waals surface area contributed by atoms with Crippen molar-refractivity contribution in [1.82, 2.24) is 0 Å². The third-order valence-corrected chi connectivity index (χ3v) is 5.01. The number of carbonyl (C=O) groups is 2. The van der Waals surface area contributed by atoms with Gasteiger partial charge in [-0.15, -0.1) is 0 Å². The fraction of sp³-hybridized carbons (Fsp3) is 0.867. The summed E-state index contributed by atoms with van der Waals surface area (Å²) < 4.78 is 38.7. The number of phosphoric ester groups is 1. The van der Waals surface area contributed by atoms with Crippen molar-refractivity contribution >= 4 is 19.8 Å². The van der Waals surface area contributed by atoms with Crippen molar-refractivity contribution in [3.8, 4) is 0 Å². The second kappa shape index (κ2) is 9.51. The van der Waals surface area contributed by atoms with Gasteiger partial charge in [-0.1, -0.05) is 20.8 Å². The molecule has 0 saturated carbocycles. The summed E-state index contributed by atoms with van der Waals surface area (Å²) in [5.41, 5.74) is -0.861. The molecule has 0 aromatic rings. The molecule has 0 fully saturated rings. The van der Waals surface area contributed by atoms with E-state index in [4.69, 9.17) is 23.0 Å². The van der Waals surface area contributed by atoms with Crippen LogP contribution in [-0.4, -0.2) is 30.1 Å². The minimum atomic E-state index is -4.18. The maximum absolute atomic E-state index is 13.0. The number of hydrogen-bond donors (Lipinski definition) is 0. The van der Waals surface area contributed by atoms with Gasteiger partial charge in [-0.2, -0.15) is 0 Å². The molecule has 0 rings (SSSR count). The van der Waals surface area contributed by atoms with Crippen molar-refractivity contribution in [2.75, 3.05) is 0 Å². The molecule has 0 aromatic heterocycles. The largest absolute Gasteiger partial charge is 0.481 e. The molecule has 0 bridgehead atoms. The van der Waals surface area contributed by atoms with Crippen LogP contribution in [-0.2, 0) is 37.2 Å². The lowest BCUT2D eigenvalue weighted by Gasteiger charge is -2.34. The highest BCUT2D eigenvalue weighted by Crippen LogP contribution is 2.55. The molecule has 142 valence electrons. The van der Waals surface area contributed by atoms with Gasteiger partial charge in [0, 0.05) is 13.3 Å². The Kier molecular flexibility index (Phi) is 9.14. The Labute approximate surface area is 143 Å². The van der Waals surface area contributed by atoms with Gasteiger partial charge in [-0.25, -0.2) is 13.6 Å². The highest BCUT2D eigenvalue weighted by atomic mass is 31.2. The third kappa shape index (κ3) is 8.78. The quantitative estimate of drug-likeness (QED) is 0.326. The van der Waals surface area contributed by atoms with Gasteiger partial charge in [0.15, 0.2) is 0 Å². The van der Waals surface area contributed by atoms with Crippen molar-refractivity contribution in [1.29, 1.82) is 0 Å². The van der Waals surface area contributed by atoms with Crippen LogP contribution >= 0.6 is 7.82 Å². The fourth-order valence-corrected chi connectivity index (χ4v) is 3.11. The molecular formula is C15H29O8P. The van der Waals surface area contributed by atoms with Gasteiger partial charge < -0.3 is 9.47 Å². The minimum absolute atomic E-state index is 0.0180. The lowest BCUT2D eigenvalue weighted by Crippen LogP contribution is -2.32. The topological polar surface area (TPSA) is 97.4 Å². The Bertz CT molecular complexity index is 474. The molecule has 0 aliphatic heterocycles. The highest BCUT2D eigenvalue weighted by molar-refractivity contribution is 7.48. The Morgan fingerprint density at radius 3 is 1.83 bits per heavy atom. The SMILES string of the molecule is CCC(=O)OC(C)OP(=O)(OC(C)OC(C)=O)OC(C)(C)C(C)C. The summed E-state index contributed by atoms with van der Waals surface area (Å²) in [4.78, 5) is 22.3. The normalized spacial score (nSPS) is 17.0. The van der Waals surface area contributed by atoms with Crippen LogP contribution in [0.15, 0.2) is 0 Å². The van der Waals surface area contributed by atoms with E-state index in [1.807, 2.05) is 13.8 Å². The maximum atomic E-state index is 13.0. The lowest BCUT2D eigenvalue weighted by molar-refractivity contribution is -0.171. The molecule has 3 unspecified atom stereocenters. The molecule has 8 nitrogen and oxygen atoms in total. The standard InChI is InChI=1S/C15H29O8P/c1-9-14(17)20-13(6)22-24(18,21-12(5)19-11(4)16)23-15(7,8)10(2)3/h10,12-13H,9H2,1-8H3. The summed E-state index contributed by atoms with van der Waals surface area (Å²) in [7, 11) is -4.18. The van der Waals surface area contributed by atoms with Gasteiger partial charge in [-0.3, -0.25) is 14.1 Å². The van der Waals surface area contributed by atoms with Crippen molar-refractivity contribution in [2.24, 2.45) is 5.92 Å². The second-order valence-corrected chi connectivity index (χ2v) is 7.59. The molecule has 0 saturated heterocycles. The van der Waals surface area contributed by atoms with Crippen LogP contribution in [0.2, 0.25) is 0 Å². The summed E-state index contributed by atoms with van der Waals surface area (Å²) in [6, 6.07) is 0. The Morgan fingerprint density at radius 1 is 1.00 bits per heavy atom. The molecule has 0 spiro atoms. The van der Waals surface area contributed by atoms with Crippen molar-refractivity contribution in [2.45, 2.75) is 80.0 Å². The summed E-state index contributed by atoms with van der Waals surface area (Å²) in [6.07, 6.45) is -2.18. The molecule has 0 aromatic carbocycles. The number of phosphoric acid groups is 1. The summed E-state index contributed by atoms with van der Waals surface area (Å²) >= 11 is 0. The first kappa shape index (κ1) is 23.1. The smallest absolute Gasteiger partial charge is 0.436 e. The average Bonchev–Trinajstić information content (AvgIpc) is 2.34. The number of carbonyl (C=O) groups excluding carboxylic acids is 2. The highest BCUT2D eigenvalue weighted by Gasteiger charge is 2.41. The molecular weight excluding hydrogens is 339 g/mol. The first-order valence-corrected chi connectivity index (χ1v) is 9.31. The van der Waals surface area contributed by atoms with E-state index in [-0.39, 0.29) is 12.3 Å². The van der Waals surface area contributed by atoms with E-state index in [0.717, 1.165) is 0 Å². The van der Waals surface area contributed by atoms with E-state index in [0.29, 0.717) is 0 Å². The minimum Gasteiger partial charge on any atom is -0.436 e. The van der Waals surface area contributed by atoms with Crippen LogP contribution in [0.4, 0.5) is 0 Å². The second-order valence-electron chi connectivity index (χ2n) is 6.10. The molecule has 9 heteroatoms. The van der Waals surface area contributed by atoms with Crippen LogP contribution in [0.3, 0.4) is 0 Å². The predicted molar refractivity (Wildman–Crippen MR) is 86.9 cm³/mol. The van der Waals surface area contributed by atoms with E-state index in [1.165, 1.54) is 20.8 Å². The van der Waals surface area contributed by atoms with Gasteiger partial charge in [0.1, 0.15) is 0 Å². The predicted octanol–water partition coefficient (Wildman–Crippen LogP) is 3.79. The zero-order valence-electron chi connectivity index (χ0n) is 15.7. The average molecular weight is 368 g/mol. The molecule has 0 aliphatic rings. The van der Waals surface area contributed by atoms with Crippen LogP contribution in [0.5, 0.6) is 0 Å². The molecule has 0 heterocycles. The number of esters is 2. The molecule has 0 radical (unpaired) electrons. The van der Waals surface area contributed by atoms with Gasteiger partial charge in [0.2, 0.25) is 12.6 Å². The Balaban J connectivity index is 5.23. The molecule has 3 atom stereocenters. The van der Waals surface area contributed by atoms with Crippen molar-refractivity contribution in [3.05, 3.63) is 0 Å². The number of ether oxygens (including phenoxy) is 2. The van der Waals surface area contributed by atoms with Gasteiger partial charge in [0.05, 0.1) is 5.60 Å². The molecule has 0 amide bonds. The molecule has 24 heavy (non-hydrogen) atoms. The van der Waals surface area contributed by atoms with E-state index in [1.54, 1.807) is 20.8 Å². The van der Waals surface area contributed by atoms with Crippen LogP contribution in [0.1, 0.15) is 61.8 Å². The van der Waals surface area contributed by atoms with Gasteiger partial charge in [-0.05, 0) is 33.6 Å². The first-order chi connectivity index (χ1) is 10.8.